The predicted octanol–water partition coefficient (Wildman–Crippen LogP) is 2.77. The first kappa shape index (κ1) is 18.7. The molecule has 0 aromatic heterocycles. The maximum atomic E-state index is 12.9. The lowest BCUT2D eigenvalue weighted by molar-refractivity contribution is -0.151. The Labute approximate surface area is 164 Å². The number of fused-ring (bicyclic) bond motifs is 5. The molecule has 148 valence electrons. The molecule has 0 unspecified atom stereocenters. The highest BCUT2D eigenvalue weighted by Crippen LogP contribution is 2.59. The topological polar surface area (TPSA) is 75.7 Å². The summed E-state index contributed by atoms with van der Waals surface area (Å²) >= 11 is 0. The molecular weight excluding hydrogens is 356 g/mol. The summed E-state index contributed by atoms with van der Waals surface area (Å²) in [6, 6.07) is 7.39. The minimum absolute atomic E-state index is 0.138. The number of hydrogen-bond acceptors (Lipinski definition) is 4. The van der Waals surface area contributed by atoms with Crippen LogP contribution in [0.4, 0.5) is 0 Å². The molecule has 3 fully saturated rings. The van der Waals surface area contributed by atoms with Gasteiger partial charge in [-0.3, -0.25) is 19.8 Å². The maximum Gasteiger partial charge on any atom is 0.279 e. The Kier molecular flexibility index (Phi) is 4.52. The molecule has 2 bridgehead atoms. The van der Waals surface area contributed by atoms with Crippen LogP contribution in [0.25, 0.3) is 0 Å². The zero-order chi connectivity index (χ0) is 20.2. The van der Waals surface area contributed by atoms with Gasteiger partial charge >= 0.3 is 0 Å². The van der Waals surface area contributed by atoms with Gasteiger partial charge in [0.2, 0.25) is 0 Å². The van der Waals surface area contributed by atoms with Crippen LogP contribution < -0.4 is 10.2 Å². The molecule has 6 heteroatoms. The third-order valence-corrected chi connectivity index (χ3v) is 6.32. The fraction of sp³-hybridized carbons (Fsp3) is 0.500. The van der Waals surface area contributed by atoms with E-state index in [0.29, 0.717) is 5.75 Å². The molecule has 3 aliphatic rings. The van der Waals surface area contributed by atoms with Crippen LogP contribution in [0.15, 0.2) is 35.4 Å². The summed E-state index contributed by atoms with van der Waals surface area (Å²) in [6.07, 6.45) is 1.06. The number of hydrazine groups is 1. The Morgan fingerprint density at radius 2 is 1.75 bits per heavy atom. The standard InChI is InChI=1S/C22H26N2O4/c1-11(2)17-15-8-9-16(17)19-18(15)21(26)24(22(19)27)23-20(25)13(4)28-14-7-5-6-12(3)10-14/h5-7,10,13,15-16,18-19H,8-9H2,1-4H3,(H,23,25)/t13-,15-,16-,18-,19+/m1/s1. The van der Waals surface area contributed by atoms with E-state index in [-0.39, 0.29) is 35.5 Å². The van der Waals surface area contributed by atoms with Gasteiger partial charge in [-0.1, -0.05) is 23.3 Å². The minimum Gasteiger partial charge on any atom is -0.481 e. The summed E-state index contributed by atoms with van der Waals surface area (Å²) in [5.74, 6) is -0.871. The number of amides is 3. The molecule has 28 heavy (non-hydrogen) atoms. The fourth-order valence-corrected chi connectivity index (χ4v) is 5.25. The molecule has 0 spiro atoms. The van der Waals surface area contributed by atoms with Crippen LogP contribution in [0.1, 0.15) is 39.2 Å². The van der Waals surface area contributed by atoms with Crippen molar-refractivity contribution in [3.8, 4) is 5.75 Å². The summed E-state index contributed by atoms with van der Waals surface area (Å²) in [4.78, 5) is 38.4. The monoisotopic (exact) mass is 382 g/mol. The van der Waals surface area contributed by atoms with E-state index in [9.17, 15) is 14.4 Å². The van der Waals surface area contributed by atoms with E-state index in [0.717, 1.165) is 23.4 Å². The van der Waals surface area contributed by atoms with Crippen LogP contribution in [0.5, 0.6) is 5.75 Å². The van der Waals surface area contributed by atoms with E-state index in [1.165, 1.54) is 11.1 Å². The third kappa shape index (κ3) is 2.82. The summed E-state index contributed by atoms with van der Waals surface area (Å²) in [5, 5.41) is 0.945. The Bertz CT molecular complexity index is 854. The number of rotatable bonds is 4. The Morgan fingerprint density at radius 1 is 1.14 bits per heavy atom. The highest BCUT2D eigenvalue weighted by atomic mass is 16.5. The van der Waals surface area contributed by atoms with Gasteiger partial charge < -0.3 is 4.74 Å². The van der Waals surface area contributed by atoms with Crippen molar-refractivity contribution in [2.75, 3.05) is 0 Å². The average molecular weight is 382 g/mol. The number of ether oxygens (including phenoxy) is 1. The summed E-state index contributed by atoms with van der Waals surface area (Å²) < 4.78 is 5.67. The SMILES string of the molecule is CC(C)=C1[C@H]2CC[C@H]1[C@H]1C(=O)N(NC(=O)[C@@H](C)Oc3cccc(C)c3)C(=O)[C@H]12. The smallest absolute Gasteiger partial charge is 0.279 e. The van der Waals surface area contributed by atoms with Gasteiger partial charge in [-0.2, -0.15) is 5.01 Å². The van der Waals surface area contributed by atoms with Crippen molar-refractivity contribution in [2.24, 2.45) is 23.7 Å². The number of benzene rings is 1. The molecule has 6 nitrogen and oxygen atoms in total. The van der Waals surface area contributed by atoms with Crippen molar-refractivity contribution in [2.45, 2.75) is 46.6 Å². The lowest BCUT2D eigenvalue weighted by Crippen LogP contribution is -2.51. The van der Waals surface area contributed by atoms with Crippen molar-refractivity contribution < 1.29 is 19.1 Å². The molecule has 3 amide bonds. The maximum absolute atomic E-state index is 12.9. The highest BCUT2D eigenvalue weighted by Gasteiger charge is 2.63. The molecule has 1 saturated heterocycles. The third-order valence-electron chi connectivity index (χ3n) is 6.32. The van der Waals surface area contributed by atoms with Gasteiger partial charge in [-0.05, 0) is 70.1 Å². The van der Waals surface area contributed by atoms with Crippen LogP contribution >= 0.6 is 0 Å². The molecule has 0 radical (unpaired) electrons. The van der Waals surface area contributed by atoms with Crippen molar-refractivity contribution in [3.63, 3.8) is 0 Å². The number of nitrogens with one attached hydrogen (secondary N) is 1. The van der Waals surface area contributed by atoms with E-state index in [2.05, 4.69) is 19.3 Å². The summed E-state index contributed by atoms with van der Waals surface area (Å²) in [6.45, 7) is 7.66. The van der Waals surface area contributed by atoms with Gasteiger partial charge in [0, 0.05) is 0 Å². The Hall–Kier alpha value is -2.63. The number of nitrogens with zero attached hydrogens (tertiary/aromatic N) is 1. The number of hydrogen-bond donors (Lipinski definition) is 1. The second kappa shape index (κ2) is 6.76. The quantitative estimate of drug-likeness (QED) is 0.642. The van der Waals surface area contributed by atoms with Gasteiger partial charge in [-0.15, -0.1) is 0 Å². The van der Waals surface area contributed by atoms with Crippen LogP contribution in [-0.2, 0) is 14.4 Å². The molecule has 1 N–H and O–H groups in total. The molecule has 1 heterocycles. The van der Waals surface area contributed by atoms with Crippen molar-refractivity contribution in [1.82, 2.24) is 10.4 Å². The van der Waals surface area contributed by atoms with Crippen LogP contribution in [0, 0.1) is 30.6 Å². The Balaban J connectivity index is 1.47. The van der Waals surface area contributed by atoms with Crippen LogP contribution in [-0.4, -0.2) is 28.8 Å². The van der Waals surface area contributed by atoms with Gasteiger partial charge in [0.1, 0.15) is 5.75 Å². The molecule has 2 aliphatic carbocycles. The number of imide groups is 1. The van der Waals surface area contributed by atoms with Crippen molar-refractivity contribution in [1.29, 1.82) is 0 Å². The molecular formula is C22H26N2O4. The van der Waals surface area contributed by atoms with E-state index >= 15 is 0 Å². The van der Waals surface area contributed by atoms with Gasteiger partial charge in [-0.25, -0.2) is 0 Å². The second-order valence-corrected chi connectivity index (χ2v) is 8.36. The lowest BCUT2D eigenvalue weighted by Gasteiger charge is -2.22. The molecule has 1 aromatic carbocycles. The highest BCUT2D eigenvalue weighted by molar-refractivity contribution is 6.07. The van der Waals surface area contributed by atoms with E-state index in [1.54, 1.807) is 13.0 Å². The largest absolute Gasteiger partial charge is 0.481 e. The molecule has 2 saturated carbocycles. The predicted molar refractivity (Wildman–Crippen MR) is 103 cm³/mol. The second-order valence-electron chi connectivity index (χ2n) is 8.36. The molecule has 1 aliphatic heterocycles. The minimum atomic E-state index is -0.826. The fourth-order valence-electron chi connectivity index (χ4n) is 5.25. The first-order chi connectivity index (χ1) is 13.3. The first-order valence-corrected chi connectivity index (χ1v) is 9.88. The van der Waals surface area contributed by atoms with Gasteiger partial charge in [0.25, 0.3) is 17.7 Å². The summed E-state index contributed by atoms with van der Waals surface area (Å²) in [7, 11) is 0. The number of allylic oxidation sites excluding steroid dienone is 2. The zero-order valence-corrected chi connectivity index (χ0v) is 16.7. The Morgan fingerprint density at radius 3 is 2.29 bits per heavy atom. The number of carbonyl (C=O) groups excluding carboxylic acids is 3. The average Bonchev–Trinajstić information content (AvgIpc) is 3.27. The lowest BCUT2D eigenvalue weighted by atomic mass is 9.81. The zero-order valence-electron chi connectivity index (χ0n) is 16.7. The first-order valence-electron chi connectivity index (χ1n) is 9.88. The van der Waals surface area contributed by atoms with Gasteiger partial charge in [0.15, 0.2) is 6.10 Å². The number of aryl methyl sites for hydroxylation is 1. The molecule has 1 aromatic rings. The summed E-state index contributed by atoms with van der Waals surface area (Å²) in [5.41, 5.74) is 6.04. The molecule has 5 atom stereocenters. The van der Waals surface area contributed by atoms with E-state index < -0.39 is 12.0 Å². The molecule has 4 rings (SSSR count). The van der Waals surface area contributed by atoms with Crippen LogP contribution in [0.2, 0.25) is 0 Å². The van der Waals surface area contributed by atoms with Crippen molar-refractivity contribution >= 4 is 17.7 Å². The number of carbonyl (C=O) groups is 3. The van der Waals surface area contributed by atoms with Gasteiger partial charge in [0.05, 0.1) is 11.8 Å². The van der Waals surface area contributed by atoms with E-state index in [1.807, 2.05) is 25.1 Å². The van der Waals surface area contributed by atoms with E-state index in [4.69, 9.17) is 4.74 Å². The van der Waals surface area contributed by atoms with Crippen LogP contribution in [0.3, 0.4) is 0 Å². The van der Waals surface area contributed by atoms with Crippen molar-refractivity contribution in [3.05, 3.63) is 41.0 Å². The normalized spacial score (nSPS) is 29.1.